The Balaban J connectivity index is 1.27. The van der Waals surface area contributed by atoms with E-state index in [0.29, 0.717) is 25.4 Å². The van der Waals surface area contributed by atoms with Gasteiger partial charge in [-0.2, -0.15) is 0 Å². The molecule has 44 heavy (non-hydrogen) atoms. The SMILES string of the molecule is Cc1ccc(N(c2ccccc2)c2ccc3c(c2)C(CCCOCC2CO2)(CCCOCC2CO2)c2ccccc2-3)c(C)c1. The van der Waals surface area contributed by atoms with E-state index >= 15 is 0 Å². The quantitative estimate of drug-likeness (QED) is 0.103. The van der Waals surface area contributed by atoms with Crippen molar-refractivity contribution in [3.63, 3.8) is 0 Å². The number of epoxide rings is 2. The molecule has 5 nitrogen and oxygen atoms in total. The zero-order valence-corrected chi connectivity index (χ0v) is 26.0. The lowest BCUT2D eigenvalue weighted by molar-refractivity contribution is 0.103. The number of nitrogens with zero attached hydrogens (tertiary/aromatic N) is 1. The topological polar surface area (TPSA) is 46.8 Å². The Morgan fingerprint density at radius 1 is 0.682 bits per heavy atom. The van der Waals surface area contributed by atoms with E-state index in [0.717, 1.165) is 57.8 Å². The second kappa shape index (κ2) is 12.9. The van der Waals surface area contributed by atoms with Gasteiger partial charge in [0.25, 0.3) is 0 Å². The molecule has 2 fully saturated rings. The second-order valence-corrected chi connectivity index (χ2v) is 12.6. The van der Waals surface area contributed by atoms with E-state index in [4.69, 9.17) is 18.9 Å². The Bertz CT molecular complexity index is 1550. The van der Waals surface area contributed by atoms with E-state index in [1.54, 1.807) is 0 Å². The molecular weight excluding hydrogens is 546 g/mol. The first-order valence-corrected chi connectivity index (χ1v) is 16.2. The molecule has 4 aromatic carbocycles. The molecule has 2 heterocycles. The van der Waals surface area contributed by atoms with Crippen molar-refractivity contribution < 1.29 is 18.9 Å². The molecule has 0 amide bonds. The Morgan fingerprint density at radius 3 is 1.98 bits per heavy atom. The number of hydrogen-bond donors (Lipinski definition) is 0. The van der Waals surface area contributed by atoms with Crippen LogP contribution in [0.25, 0.3) is 11.1 Å². The summed E-state index contributed by atoms with van der Waals surface area (Å²) in [6.45, 7) is 8.92. The molecule has 5 heteroatoms. The Labute approximate surface area is 261 Å². The summed E-state index contributed by atoms with van der Waals surface area (Å²) < 4.78 is 22.8. The molecule has 2 unspecified atom stereocenters. The van der Waals surface area contributed by atoms with Crippen LogP contribution in [-0.4, -0.2) is 51.8 Å². The number of rotatable bonds is 15. The first kappa shape index (κ1) is 29.2. The molecule has 1 aliphatic carbocycles. The van der Waals surface area contributed by atoms with Crippen LogP contribution in [0.15, 0.2) is 91.0 Å². The summed E-state index contributed by atoms with van der Waals surface area (Å²) in [5, 5.41) is 0. The summed E-state index contributed by atoms with van der Waals surface area (Å²) in [6, 6.07) is 33.7. The summed E-state index contributed by atoms with van der Waals surface area (Å²) in [6.07, 6.45) is 4.60. The molecule has 228 valence electrons. The molecule has 4 aromatic rings. The van der Waals surface area contributed by atoms with Crippen LogP contribution >= 0.6 is 0 Å². The number of fused-ring (bicyclic) bond motifs is 3. The number of anilines is 3. The van der Waals surface area contributed by atoms with Crippen molar-refractivity contribution in [2.24, 2.45) is 0 Å². The largest absolute Gasteiger partial charge is 0.379 e. The summed E-state index contributed by atoms with van der Waals surface area (Å²) in [7, 11) is 0. The van der Waals surface area contributed by atoms with Gasteiger partial charge in [-0.3, -0.25) is 0 Å². The maximum atomic E-state index is 6.04. The first-order chi connectivity index (χ1) is 21.6. The molecule has 0 aromatic heterocycles. The van der Waals surface area contributed by atoms with Crippen LogP contribution in [0.2, 0.25) is 0 Å². The van der Waals surface area contributed by atoms with Crippen LogP contribution in [-0.2, 0) is 24.4 Å². The van der Waals surface area contributed by atoms with Crippen LogP contribution in [0.3, 0.4) is 0 Å². The number of ether oxygens (including phenoxy) is 4. The average molecular weight is 590 g/mol. The summed E-state index contributed by atoms with van der Waals surface area (Å²) in [4.78, 5) is 2.42. The van der Waals surface area contributed by atoms with E-state index in [1.165, 1.54) is 44.8 Å². The van der Waals surface area contributed by atoms with Crippen molar-refractivity contribution in [3.8, 4) is 11.1 Å². The van der Waals surface area contributed by atoms with Gasteiger partial charge >= 0.3 is 0 Å². The molecule has 0 spiro atoms. The van der Waals surface area contributed by atoms with Gasteiger partial charge in [0, 0.05) is 35.7 Å². The van der Waals surface area contributed by atoms with Crippen LogP contribution < -0.4 is 4.90 Å². The minimum atomic E-state index is -0.120. The number of aryl methyl sites for hydroxylation is 2. The van der Waals surface area contributed by atoms with Crippen LogP contribution in [0.5, 0.6) is 0 Å². The maximum absolute atomic E-state index is 6.04. The Kier molecular flexibility index (Phi) is 8.55. The number of para-hydroxylation sites is 1. The minimum absolute atomic E-state index is 0.120. The van der Waals surface area contributed by atoms with E-state index < -0.39 is 0 Å². The van der Waals surface area contributed by atoms with Crippen molar-refractivity contribution in [1.82, 2.24) is 0 Å². The fourth-order valence-electron chi connectivity index (χ4n) is 7.02. The molecule has 2 aliphatic heterocycles. The highest BCUT2D eigenvalue weighted by atomic mass is 16.6. The third-order valence-corrected chi connectivity index (χ3v) is 9.31. The zero-order chi connectivity index (χ0) is 29.9. The van der Waals surface area contributed by atoms with Gasteiger partial charge in [0.1, 0.15) is 12.2 Å². The van der Waals surface area contributed by atoms with Crippen LogP contribution in [0.4, 0.5) is 17.1 Å². The highest BCUT2D eigenvalue weighted by Crippen LogP contribution is 2.55. The molecule has 0 radical (unpaired) electrons. The number of hydrogen-bond acceptors (Lipinski definition) is 5. The molecular formula is C39H43NO4. The maximum Gasteiger partial charge on any atom is 0.104 e. The van der Waals surface area contributed by atoms with Gasteiger partial charge in [-0.05, 0) is 97.7 Å². The van der Waals surface area contributed by atoms with Crippen molar-refractivity contribution in [3.05, 3.63) is 113 Å². The molecule has 0 N–H and O–H groups in total. The van der Waals surface area contributed by atoms with E-state index in [-0.39, 0.29) is 5.41 Å². The van der Waals surface area contributed by atoms with E-state index in [1.807, 2.05) is 0 Å². The normalized spacial score (nSPS) is 21.1. The smallest absolute Gasteiger partial charge is 0.104 e. The second-order valence-electron chi connectivity index (χ2n) is 12.6. The Morgan fingerprint density at radius 2 is 1.32 bits per heavy atom. The van der Waals surface area contributed by atoms with Crippen molar-refractivity contribution in [2.45, 2.75) is 57.2 Å². The van der Waals surface area contributed by atoms with Gasteiger partial charge in [-0.25, -0.2) is 0 Å². The van der Waals surface area contributed by atoms with Crippen LogP contribution in [0, 0.1) is 13.8 Å². The summed E-state index contributed by atoms with van der Waals surface area (Å²) in [5.74, 6) is 0. The van der Waals surface area contributed by atoms with Gasteiger partial charge in [0.15, 0.2) is 0 Å². The van der Waals surface area contributed by atoms with Crippen molar-refractivity contribution in [1.29, 1.82) is 0 Å². The zero-order valence-electron chi connectivity index (χ0n) is 26.0. The summed E-state index contributed by atoms with van der Waals surface area (Å²) in [5.41, 5.74) is 11.5. The van der Waals surface area contributed by atoms with Crippen molar-refractivity contribution >= 4 is 17.1 Å². The molecule has 0 bridgehead atoms. The lowest BCUT2D eigenvalue weighted by atomic mass is 9.71. The lowest BCUT2D eigenvalue weighted by Gasteiger charge is -2.34. The minimum Gasteiger partial charge on any atom is -0.379 e. The predicted molar refractivity (Wildman–Crippen MR) is 176 cm³/mol. The highest BCUT2D eigenvalue weighted by molar-refractivity contribution is 5.86. The van der Waals surface area contributed by atoms with E-state index in [9.17, 15) is 0 Å². The van der Waals surface area contributed by atoms with Gasteiger partial charge in [-0.1, -0.05) is 66.2 Å². The van der Waals surface area contributed by atoms with Gasteiger partial charge < -0.3 is 23.8 Å². The highest BCUT2D eigenvalue weighted by Gasteiger charge is 2.42. The lowest BCUT2D eigenvalue weighted by Crippen LogP contribution is -2.27. The molecule has 0 saturated carbocycles. The molecule has 2 saturated heterocycles. The Hall–Kier alpha value is -3.48. The average Bonchev–Trinajstić information content (AvgIpc) is 3.99. The first-order valence-electron chi connectivity index (χ1n) is 16.2. The van der Waals surface area contributed by atoms with Gasteiger partial charge in [0.2, 0.25) is 0 Å². The third kappa shape index (κ3) is 6.20. The van der Waals surface area contributed by atoms with Crippen molar-refractivity contribution in [2.75, 3.05) is 44.5 Å². The number of benzene rings is 4. The van der Waals surface area contributed by atoms with Crippen LogP contribution in [0.1, 0.15) is 47.9 Å². The third-order valence-electron chi connectivity index (χ3n) is 9.31. The standard InChI is InChI=1S/C39H43NO4/c1-28-14-17-38(29(2)22-28)40(30-10-4-3-5-11-30)31-15-16-35-34-12-6-7-13-36(34)39(37(35)23-31,18-8-20-41-24-32-26-43-32)19-9-21-42-25-33-27-44-33/h3-7,10-17,22-23,32-33H,8-9,18-21,24-27H2,1-2H3. The molecule has 2 atom stereocenters. The predicted octanol–water partition coefficient (Wildman–Crippen LogP) is 8.43. The molecule has 7 rings (SSSR count). The van der Waals surface area contributed by atoms with Gasteiger partial charge in [-0.15, -0.1) is 0 Å². The van der Waals surface area contributed by atoms with Gasteiger partial charge in [0.05, 0.1) is 26.4 Å². The fourth-order valence-corrected chi connectivity index (χ4v) is 7.02. The monoisotopic (exact) mass is 589 g/mol. The summed E-state index contributed by atoms with van der Waals surface area (Å²) >= 11 is 0. The fraction of sp³-hybridized carbons (Fsp3) is 0.385. The molecule has 3 aliphatic rings. The van der Waals surface area contributed by atoms with E-state index in [2.05, 4.69) is 110 Å².